The van der Waals surface area contributed by atoms with Crippen LogP contribution in [0, 0.1) is 0 Å². The van der Waals surface area contributed by atoms with E-state index in [0.29, 0.717) is 6.42 Å². The molecule has 1 aliphatic heterocycles. The molecule has 0 spiro atoms. The summed E-state index contributed by atoms with van der Waals surface area (Å²) < 4.78 is 10.5. The largest absolute Gasteiger partial charge is 0.497 e. The standard InChI is InChI=1S/C19H19N3O3S/c1-24-15-6-4-13(5-7-15)11-14-12-17(25-21-14)19(23)22-9-2-3-16(22)18-20-8-10-26-18/h4-8,10,12,16H,2-3,9,11H2,1H3/t16-/m1/s1. The van der Waals surface area contributed by atoms with Crippen LogP contribution in [0.2, 0.25) is 0 Å². The highest BCUT2D eigenvalue weighted by molar-refractivity contribution is 7.09. The van der Waals surface area contributed by atoms with Gasteiger partial charge in [0, 0.05) is 30.6 Å². The third-order valence-electron chi connectivity index (χ3n) is 4.56. The van der Waals surface area contributed by atoms with Gasteiger partial charge in [0.1, 0.15) is 10.8 Å². The highest BCUT2D eigenvalue weighted by Gasteiger charge is 2.33. The quantitative estimate of drug-likeness (QED) is 0.686. The lowest BCUT2D eigenvalue weighted by Gasteiger charge is -2.21. The van der Waals surface area contributed by atoms with Crippen molar-refractivity contribution >= 4 is 17.2 Å². The second-order valence-electron chi connectivity index (χ2n) is 6.23. The number of benzene rings is 1. The molecule has 1 amide bonds. The first-order valence-electron chi connectivity index (χ1n) is 8.53. The molecule has 0 radical (unpaired) electrons. The molecular weight excluding hydrogens is 350 g/mol. The molecule has 6 nitrogen and oxygen atoms in total. The Kier molecular flexibility index (Phi) is 4.71. The van der Waals surface area contributed by atoms with Crippen LogP contribution >= 0.6 is 11.3 Å². The molecule has 3 aromatic rings. The van der Waals surface area contributed by atoms with E-state index in [9.17, 15) is 4.79 Å². The van der Waals surface area contributed by atoms with Gasteiger partial charge in [-0.2, -0.15) is 0 Å². The van der Waals surface area contributed by atoms with Crippen molar-refractivity contribution in [2.45, 2.75) is 25.3 Å². The lowest BCUT2D eigenvalue weighted by molar-refractivity contribution is 0.0693. The van der Waals surface area contributed by atoms with Gasteiger partial charge >= 0.3 is 0 Å². The topological polar surface area (TPSA) is 68.5 Å². The molecular formula is C19H19N3O3S. The number of carbonyl (C=O) groups is 1. The van der Waals surface area contributed by atoms with E-state index in [1.165, 1.54) is 0 Å². The number of carbonyl (C=O) groups excluding carboxylic acids is 1. The fraction of sp³-hybridized carbons (Fsp3) is 0.316. The van der Waals surface area contributed by atoms with E-state index in [0.717, 1.165) is 41.4 Å². The minimum absolute atomic E-state index is 0.0395. The van der Waals surface area contributed by atoms with Gasteiger partial charge in [0.15, 0.2) is 0 Å². The summed E-state index contributed by atoms with van der Waals surface area (Å²) in [4.78, 5) is 19.1. The maximum Gasteiger partial charge on any atom is 0.293 e. The van der Waals surface area contributed by atoms with Gasteiger partial charge in [0.05, 0.1) is 18.8 Å². The van der Waals surface area contributed by atoms with Crippen LogP contribution in [0.25, 0.3) is 0 Å². The van der Waals surface area contributed by atoms with Crippen LogP contribution in [0.15, 0.2) is 46.4 Å². The van der Waals surface area contributed by atoms with Crippen LogP contribution in [-0.2, 0) is 6.42 Å². The number of ether oxygens (including phenoxy) is 1. The van der Waals surface area contributed by atoms with Gasteiger partial charge in [-0.05, 0) is 30.5 Å². The number of aromatic nitrogens is 2. The number of thiazole rings is 1. The van der Waals surface area contributed by atoms with Gasteiger partial charge in [-0.15, -0.1) is 11.3 Å². The summed E-state index contributed by atoms with van der Waals surface area (Å²) in [6, 6.07) is 9.55. The van der Waals surface area contributed by atoms with Crippen molar-refractivity contribution in [3.05, 3.63) is 63.9 Å². The molecule has 1 saturated heterocycles. The van der Waals surface area contributed by atoms with E-state index in [1.54, 1.807) is 30.7 Å². The Labute approximate surface area is 155 Å². The fourth-order valence-electron chi connectivity index (χ4n) is 3.26. The Balaban J connectivity index is 1.47. The maximum absolute atomic E-state index is 12.9. The summed E-state index contributed by atoms with van der Waals surface area (Å²) in [5.41, 5.74) is 1.82. The van der Waals surface area contributed by atoms with Crippen molar-refractivity contribution in [2.24, 2.45) is 0 Å². The first-order valence-corrected chi connectivity index (χ1v) is 9.41. The Morgan fingerprint density at radius 3 is 2.96 bits per heavy atom. The van der Waals surface area contributed by atoms with Gasteiger partial charge in [-0.25, -0.2) is 4.98 Å². The summed E-state index contributed by atoms with van der Waals surface area (Å²) in [5, 5.41) is 6.99. The number of hydrogen-bond donors (Lipinski definition) is 0. The number of methoxy groups -OCH3 is 1. The molecule has 4 rings (SSSR count). The minimum atomic E-state index is -0.115. The van der Waals surface area contributed by atoms with E-state index in [1.807, 2.05) is 34.5 Å². The number of hydrogen-bond acceptors (Lipinski definition) is 6. The SMILES string of the molecule is COc1ccc(Cc2cc(C(=O)N3CCC[C@@H]3c3nccs3)on2)cc1. The van der Waals surface area contributed by atoms with Gasteiger partial charge in [0.25, 0.3) is 5.91 Å². The maximum atomic E-state index is 12.9. The van der Waals surface area contributed by atoms with Crippen molar-refractivity contribution < 1.29 is 14.1 Å². The van der Waals surface area contributed by atoms with Crippen LogP contribution in [0.3, 0.4) is 0 Å². The lowest BCUT2D eigenvalue weighted by Crippen LogP contribution is -2.30. The van der Waals surface area contributed by atoms with Crippen LogP contribution in [0.1, 0.15) is 45.7 Å². The monoisotopic (exact) mass is 369 g/mol. The van der Waals surface area contributed by atoms with Crippen molar-refractivity contribution in [2.75, 3.05) is 13.7 Å². The third-order valence-corrected chi connectivity index (χ3v) is 5.44. The van der Waals surface area contributed by atoms with E-state index in [-0.39, 0.29) is 17.7 Å². The smallest absolute Gasteiger partial charge is 0.293 e. The molecule has 0 unspecified atom stereocenters. The number of nitrogens with zero attached hydrogens (tertiary/aromatic N) is 3. The molecule has 1 aliphatic rings. The van der Waals surface area contributed by atoms with Gasteiger partial charge < -0.3 is 14.2 Å². The van der Waals surface area contributed by atoms with E-state index in [4.69, 9.17) is 9.26 Å². The Morgan fingerprint density at radius 1 is 1.38 bits per heavy atom. The zero-order valence-corrected chi connectivity index (χ0v) is 15.2. The molecule has 26 heavy (non-hydrogen) atoms. The lowest BCUT2D eigenvalue weighted by atomic mass is 10.1. The van der Waals surface area contributed by atoms with Crippen molar-refractivity contribution in [3.63, 3.8) is 0 Å². The van der Waals surface area contributed by atoms with E-state index >= 15 is 0 Å². The summed E-state index contributed by atoms with van der Waals surface area (Å²) >= 11 is 1.59. The molecule has 0 N–H and O–H groups in total. The van der Waals surface area contributed by atoms with E-state index in [2.05, 4.69) is 10.1 Å². The molecule has 1 aromatic carbocycles. The molecule has 2 aromatic heterocycles. The first kappa shape index (κ1) is 16.8. The minimum Gasteiger partial charge on any atom is -0.497 e. The summed E-state index contributed by atoms with van der Waals surface area (Å²) in [7, 11) is 1.64. The van der Waals surface area contributed by atoms with Crippen molar-refractivity contribution in [1.29, 1.82) is 0 Å². The Morgan fingerprint density at radius 2 is 2.23 bits per heavy atom. The summed E-state index contributed by atoms with van der Waals surface area (Å²) in [6.07, 6.45) is 4.30. The van der Waals surface area contributed by atoms with Crippen LogP contribution < -0.4 is 4.74 Å². The second kappa shape index (κ2) is 7.29. The average molecular weight is 369 g/mol. The zero-order valence-electron chi connectivity index (χ0n) is 14.4. The molecule has 1 atom stereocenters. The molecule has 3 heterocycles. The van der Waals surface area contributed by atoms with Gasteiger partial charge in [-0.1, -0.05) is 17.3 Å². The summed E-state index contributed by atoms with van der Waals surface area (Å²) in [5.74, 6) is 0.986. The van der Waals surface area contributed by atoms with Crippen LogP contribution in [-0.4, -0.2) is 34.6 Å². The third kappa shape index (κ3) is 3.35. The average Bonchev–Trinajstić information content (AvgIpc) is 3.42. The van der Waals surface area contributed by atoms with E-state index < -0.39 is 0 Å². The number of likely N-dealkylation sites (tertiary alicyclic amines) is 1. The normalized spacial score (nSPS) is 16.8. The highest BCUT2D eigenvalue weighted by atomic mass is 32.1. The number of rotatable bonds is 5. The number of amides is 1. The first-order chi connectivity index (χ1) is 12.7. The molecule has 0 bridgehead atoms. The molecule has 0 aliphatic carbocycles. The predicted molar refractivity (Wildman–Crippen MR) is 97.4 cm³/mol. The van der Waals surface area contributed by atoms with Gasteiger partial charge in [0.2, 0.25) is 5.76 Å². The van der Waals surface area contributed by atoms with Crippen LogP contribution in [0.4, 0.5) is 0 Å². The highest BCUT2D eigenvalue weighted by Crippen LogP contribution is 2.34. The molecule has 1 fully saturated rings. The Bertz CT molecular complexity index is 874. The zero-order chi connectivity index (χ0) is 17.9. The van der Waals surface area contributed by atoms with Crippen molar-refractivity contribution in [1.82, 2.24) is 15.0 Å². The van der Waals surface area contributed by atoms with Gasteiger partial charge in [-0.3, -0.25) is 4.79 Å². The van der Waals surface area contributed by atoms with Crippen LogP contribution in [0.5, 0.6) is 5.75 Å². The fourth-order valence-corrected chi connectivity index (χ4v) is 4.04. The molecule has 134 valence electrons. The molecule has 7 heteroatoms. The van der Waals surface area contributed by atoms with Crippen molar-refractivity contribution in [3.8, 4) is 5.75 Å². The second-order valence-corrected chi connectivity index (χ2v) is 7.16. The predicted octanol–water partition coefficient (Wildman–Crippen LogP) is 3.71. The summed E-state index contributed by atoms with van der Waals surface area (Å²) in [6.45, 7) is 0.720. The Hall–Kier alpha value is -2.67. The molecule has 0 saturated carbocycles.